The number of rotatable bonds is 4. The predicted octanol–water partition coefficient (Wildman–Crippen LogP) is 6.15. The van der Waals surface area contributed by atoms with Crippen LogP contribution >= 0.6 is 23.2 Å². The highest BCUT2D eigenvalue weighted by Gasteiger charge is 2.23. The molecule has 0 aliphatic heterocycles. The van der Waals surface area contributed by atoms with Crippen LogP contribution in [0.25, 0.3) is 10.9 Å². The largest absolute Gasteiger partial charge is 0.505 e. The number of aryl methyl sites for hydroxylation is 1. The van der Waals surface area contributed by atoms with Crippen LogP contribution in [0.1, 0.15) is 22.7 Å². The summed E-state index contributed by atoms with van der Waals surface area (Å²) in [6.07, 6.45) is 3.39. The van der Waals surface area contributed by atoms with Crippen LogP contribution in [0.4, 0.5) is 5.82 Å². The number of pyridine rings is 2. The lowest BCUT2D eigenvalue weighted by Crippen LogP contribution is -2.14. The van der Waals surface area contributed by atoms with E-state index in [2.05, 4.69) is 15.3 Å². The van der Waals surface area contributed by atoms with Gasteiger partial charge in [0.2, 0.25) is 0 Å². The van der Waals surface area contributed by atoms with Crippen LogP contribution in [-0.2, 0) is 0 Å². The lowest BCUT2D eigenvalue weighted by molar-refractivity contribution is 0.471. The quantitative estimate of drug-likeness (QED) is 0.424. The summed E-state index contributed by atoms with van der Waals surface area (Å²) in [5, 5.41) is 16.1. The maximum absolute atomic E-state index is 11.0. The molecular weight excluding hydrogens is 393 g/mol. The molecule has 0 amide bonds. The van der Waals surface area contributed by atoms with Crippen LogP contribution in [0, 0.1) is 6.92 Å². The molecular formula is C22H17Cl2N3O. The Bertz CT molecular complexity index is 1160. The van der Waals surface area contributed by atoms with E-state index in [0.717, 1.165) is 16.5 Å². The van der Waals surface area contributed by atoms with Crippen molar-refractivity contribution in [1.82, 2.24) is 9.97 Å². The number of phenols is 1. The Morgan fingerprint density at radius 3 is 2.61 bits per heavy atom. The number of halogens is 2. The first-order valence-electron chi connectivity index (χ1n) is 8.74. The number of benzene rings is 2. The van der Waals surface area contributed by atoms with Gasteiger partial charge in [0.05, 0.1) is 16.1 Å². The molecule has 0 saturated heterocycles. The second-order valence-corrected chi connectivity index (χ2v) is 7.30. The van der Waals surface area contributed by atoms with Gasteiger partial charge in [-0.25, -0.2) is 4.98 Å². The van der Waals surface area contributed by atoms with Crippen LogP contribution in [-0.4, -0.2) is 15.1 Å². The van der Waals surface area contributed by atoms with Gasteiger partial charge in [0.15, 0.2) is 0 Å². The number of phenolic OH excluding ortho intramolecular Hbond substituents is 1. The van der Waals surface area contributed by atoms with Gasteiger partial charge in [-0.15, -0.1) is 0 Å². The molecule has 4 aromatic rings. The van der Waals surface area contributed by atoms with Crippen LogP contribution in [0.3, 0.4) is 0 Å². The molecule has 0 aliphatic carbocycles. The Morgan fingerprint density at radius 2 is 1.79 bits per heavy atom. The van der Waals surface area contributed by atoms with E-state index >= 15 is 0 Å². The van der Waals surface area contributed by atoms with Crippen LogP contribution in [0.5, 0.6) is 5.75 Å². The highest BCUT2D eigenvalue weighted by molar-refractivity contribution is 6.42. The van der Waals surface area contributed by atoms with Gasteiger partial charge < -0.3 is 10.4 Å². The molecule has 0 spiro atoms. The average Bonchev–Trinajstić information content (AvgIpc) is 2.69. The van der Waals surface area contributed by atoms with Crippen molar-refractivity contribution in [2.75, 3.05) is 5.32 Å². The Hall–Kier alpha value is -2.82. The summed E-state index contributed by atoms with van der Waals surface area (Å²) in [5.74, 6) is 0.765. The van der Waals surface area contributed by atoms with Gasteiger partial charge in [0.1, 0.15) is 17.1 Å². The molecule has 2 N–H and O–H groups in total. The average molecular weight is 410 g/mol. The zero-order chi connectivity index (χ0) is 19.7. The summed E-state index contributed by atoms with van der Waals surface area (Å²) >= 11 is 12.8. The van der Waals surface area contributed by atoms with Gasteiger partial charge in [-0.2, -0.15) is 0 Å². The van der Waals surface area contributed by atoms with E-state index in [1.165, 1.54) is 0 Å². The van der Waals surface area contributed by atoms with E-state index in [9.17, 15) is 5.11 Å². The summed E-state index contributed by atoms with van der Waals surface area (Å²) in [4.78, 5) is 8.72. The fourth-order valence-corrected chi connectivity index (χ4v) is 3.62. The zero-order valence-electron chi connectivity index (χ0n) is 15.0. The molecule has 0 aliphatic rings. The summed E-state index contributed by atoms with van der Waals surface area (Å²) in [6, 6.07) is 16.4. The topological polar surface area (TPSA) is 58.0 Å². The molecule has 2 aromatic heterocycles. The van der Waals surface area contributed by atoms with E-state index in [1.54, 1.807) is 18.5 Å². The third-order valence-corrected chi connectivity index (χ3v) is 5.42. The van der Waals surface area contributed by atoms with Gasteiger partial charge in [-0.3, -0.25) is 4.98 Å². The van der Waals surface area contributed by atoms with Crippen LogP contribution < -0.4 is 5.32 Å². The zero-order valence-corrected chi connectivity index (χ0v) is 16.5. The lowest BCUT2D eigenvalue weighted by Gasteiger charge is -2.23. The standard InChI is InChI=1S/C22H17Cl2N3O/c1-13-9-11-25-18(12-13)27-21(15-5-2-6-17(23)19(15)24)16-8-7-14-4-3-10-26-20(14)22(16)28/h2-12,21,28H,1H3,(H,25,27). The van der Waals surface area contributed by atoms with E-state index in [-0.39, 0.29) is 5.75 Å². The van der Waals surface area contributed by atoms with Crippen molar-refractivity contribution < 1.29 is 5.11 Å². The predicted molar refractivity (Wildman–Crippen MR) is 114 cm³/mol. The van der Waals surface area contributed by atoms with Crippen molar-refractivity contribution in [3.8, 4) is 5.75 Å². The first-order chi connectivity index (χ1) is 13.5. The van der Waals surface area contributed by atoms with Crippen LogP contribution in [0.15, 0.2) is 67.0 Å². The summed E-state index contributed by atoms with van der Waals surface area (Å²) in [7, 11) is 0. The molecule has 2 aromatic carbocycles. The molecule has 28 heavy (non-hydrogen) atoms. The fourth-order valence-electron chi connectivity index (χ4n) is 3.21. The Balaban J connectivity index is 1.90. The Kier molecular flexibility index (Phi) is 5.07. The van der Waals surface area contributed by atoms with Crippen molar-refractivity contribution >= 4 is 39.9 Å². The van der Waals surface area contributed by atoms with Crippen molar-refractivity contribution in [3.63, 3.8) is 0 Å². The smallest absolute Gasteiger partial charge is 0.147 e. The normalized spacial score (nSPS) is 12.1. The molecule has 4 nitrogen and oxygen atoms in total. The summed E-state index contributed by atoms with van der Waals surface area (Å²) in [6.45, 7) is 1.99. The minimum atomic E-state index is -0.466. The SMILES string of the molecule is Cc1ccnc(NC(c2cccc(Cl)c2Cl)c2ccc3cccnc3c2O)c1. The highest BCUT2D eigenvalue weighted by atomic mass is 35.5. The van der Waals surface area contributed by atoms with Crippen molar-refractivity contribution in [1.29, 1.82) is 0 Å². The molecule has 1 unspecified atom stereocenters. The molecule has 1 atom stereocenters. The third-order valence-electron chi connectivity index (χ3n) is 4.59. The lowest BCUT2D eigenvalue weighted by atomic mass is 9.96. The number of nitrogens with one attached hydrogen (secondary N) is 1. The number of aromatic nitrogens is 2. The Morgan fingerprint density at radius 1 is 0.929 bits per heavy atom. The van der Waals surface area contributed by atoms with Crippen molar-refractivity contribution in [2.24, 2.45) is 0 Å². The first kappa shape index (κ1) is 18.5. The van der Waals surface area contributed by atoms with E-state index in [4.69, 9.17) is 23.2 Å². The molecule has 2 heterocycles. The number of fused-ring (bicyclic) bond motifs is 1. The molecule has 0 fully saturated rings. The number of aromatic hydroxyl groups is 1. The van der Waals surface area contributed by atoms with E-state index in [0.29, 0.717) is 26.9 Å². The number of anilines is 1. The maximum Gasteiger partial charge on any atom is 0.147 e. The minimum absolute atomic E-state index is 0.0966. The van der Waals surface area contributed by atoms with Gasteiger partial charge in [-0.05, 0) is 42.3 Å². The van der Waals surface area contributed by atoms with Gasteiger partial charge in [-0.1, -0.05) is 53.5 Å². The Labute approximate surface area is 172 Å². The highest BCUT2D eigenvalue weighted by Crippen LogP contribution is 2.40. The molecule has 6 heteroatoms. The molecule has 0 saturated carbocycles. The number of hydrogen-bond donors (Lipinski definition) is 2. The fraction of sp³-hybridized carbons (Fsp3) is 0.0909. The van der Waals surface area contributed by atoms with Gasteiger partial charge in [0.25, 0.3) is 0 Å². The minimum Gasteiger partial charge on any atom is -0.505 e. The summed E-state index contributed by atoms with van der Waals surface area (Å²) in [5.41, 5.74) is 2.97. The van der Waals surface area contributed by atoms with E-state index in [1.807, 2.05) is 55.5 Å². The van der Waals surface area contributed by atoms with E-state index < -0.39 is 6.04 Å². The van der Waals surface area contributed by atoms with Gasteiger partial charge >= 0.3 is 0 Å². The monoisotopic (exact) mass is 409 g/mol. The van der Waals surface area contributed by atoms with Gasteiger partial charge in [0, 0.05) is 23.3 Å². The molecule has 140 valence electrons. The van der Waals surface area contributed by atoms with Crippen molar-refractivity contribution in [2.45, 2.75) is 13.0 Å². The number of nitrogens with zero attached hydrogens (tertiary/aromatic N) is 2. The first-order valence-corrected chi connectivity index (χ1v) is 9.50. The van der Waals surface area contributed by atoms with Crippen molar-refractivity contribution in [3.05, 3.63) is 93.7 Å². The third kappa shape index (κ3) is 3.49. The maximum atomic E-state index is 11.0. The van der Waals surface area contributed by atoms with Crippen LogP contribution in [0.2, 0.25) is 10.0 Å². The molecule has 4 rings (SSSR count). The molecule has 0 radical (unpaired) electrons. The second-order valence-electron chi connectivity index (χ2n) is 6.52. The number of hydrogen-bond acceptors (Lipinski definition) is 4. The molecule has 0 bridgehead atoms. The second kappa shape index (κ2) is 7.66. The summed E-state index contributed by atoms with van der Waals surface area (Å²) < 4.78 is 0.